The number of halogens is 1. The second-order valence-electron chi connectivity index (χ2n) is 2.73. The van der Waals surface area contributed by atoms with Crippen LogP contribution in [0.5, 0.6) is 0 Å². The molecule has 5 heteroatoms. The highest BCUT2D eigenvalue weighted by Gasteiger charge is 2.03. The number of fused-ring (bicyclic) bond motifs is 1. The summed E-state index contributed by atoms with van der Waals surface area (Å²) in [5.41, 5.74) is 6.19. The number of nitrogens with zero attached hydrogens (tertiary/aromatic N) is 3. The van der Waals surface area contributed by atoms with Gasteiger partial charge in [0.25, 0.3) is 0 Å². The summed E-state index contributed by atoms with van der Waals surface area (Å²) in [6, 6.07) is 3.58. The van der Waals surface area contributed by atoms with Gasteiger partial charge < -0.3 is 5.73 Å². The van der Waals surface area contributed by atoms with E-state index in [0.717, 1.165) is 17.9 Å². The summed E-state index contributed by atoms with van der Waals surface area (Å²) < 4.78 is 1.89. The van der Waals surface area contributed by atoms with Crippen molar-refractivity contribution in [3.8, 4) is 0 Å². The highest BCUT2D eigenvalue weighted by atomic mass is 35.5. The molecule has 0 aliphatic carbocycles. The lowest BCUT2D eigenvalue weighted by Gasteiger charge is -1.96. The molecule has 0 aromatic carbocycles. The van der Waals surface area contributed by atoms with E-state index in [0.29, 0.717) is 11.6 Å². The van der Waals surface area contributed by atoms with Gasteiger partial charge in [0, 0.05) is 23.7 Å². The lowest BCUT2D eigenvalue weighted by atomic mass is 10.4. The van der Waals surface area contributed by atoms with Gasteiger partial charge in [-0.15, -0.1) is 10.2 Å². The predicted octanol–water partition coefficient (Wildman–Crippen LogP) is 0.884. The van der Waals surface area contributed by atoms with Crippen LogP contribution in [0.2, 0.25) is 5.02 Å². The molecule has 2 N–H and O–H groups in total. The molecule has 0 amide bonds. The van der Waals surface area contributed by atoms with Crippen LogP contribution in [-0.4, -0.2) is 21.1 Å². The van der Waals surface area contributed by atoms with E-state index in [2.05, 4.69) is 10.2 Å². The maximum Gasteiger partial charge on any atom is 0.162 e. The van der Waals surface area contributed by atoms with Crippen LogP contribution in [-0.2, 0) is 6.42 Å². The van der Waals surface area contributed by atoms with Crippen molar-refractivity contribution in [3.63, 3.8) is 0 Å². The highest BCUT2D eigenvalue weighted by molar-refractivity contribution is 6.30. The van der Waals surface area contributed by atoms with E-state index in [1.54, 1.807) is 12.1 Å². The first-order valence-corrected chi connectivity index (χ1v) is 4.38. The summed E-state index contributed by atoms with van der Waals surface area (Å²) in [6.45, 7) is 0.573. The number of nitrogens with two attached hydrogens (primary N) is 1. The van der Waals surface area contributed by atoms with E-state index in [4.69, 9.17) is 17.3 Å². The van der Waals surface area contributed by atoms with E-state index in [9.17, 15) is 0 Å². The molecule has 0 atom stereocenters. The van der Waals surface area contributed by atoms with Gasteiger partial charge in [-0.05, 0) is 12.6 Å². The summed E-state index contributed by atoms with van der Waals surface area (Å²) in [5.74, 6) is 0.870. The molecule has 0 saturated heterocycles. The first kappa shape index (κ1) is 8.47. The van der Waals surface area contributed by atoms with Crippen LogP contribution >= 0.6 is 11.6 Å². The highest BCUT2D eigenvalue weighted by Crippen LogP contribution is 2.11. The first-order chi connectivity index (χ1) is 6.31. The fraction of sp³-hybridized carbons (Fsp3) is 0.250. The minimum atomic E-state index is 0.573. The molecule has 0 spiro atoms. The maximum atomic E-state index is 5.80. The average Bonchev–Trinajstić information content (AvgIpc) is 2.49. The fourth-order valence-electron chi connectivity index (χ4n) is 1.22. The van der Waals surface area contributed by atoms with E-state index in [-0.39, 0.29) is 0 Å². The van der Waals surface area contributed by atoms with Crippen LogP contribution in [0.4, 0.5) is 0 Å². The van der Waals surface area contributed by atoms with Crippen molar-refractivity contribution in [2.75, 3.05) is 6.54 Å². The third-order valence-electron chi connectivity index (χ3n) is 1.81. The molecule has 4 nitrogen and oxygen atoms in total. The Kier molecular flexibility index (Phi) is 2.16. The molecule has 0 unspecified atom stereocenters. The smallest absolute Gasteiger partial charge is 0.162 e. The van der Waals surface area contributed by atoms with Gasteiger partial charge in [0.2, 0.25) is 0 Å². The fourth-order valence-corrected chi connectivity index (χ4v) is 1.37. The minimum absolute atomic E-state index is 0.573. The first-order valence-electron chi connectivity index (χ1n) is 4.00. The molecule has 68 valence electrons. The Bertz CT molecular complexity index is 423. The predicted molar refractivity (Wildman–Crippen MR) is 50.8 cm³/mol. The van der Waals surface area contributed by atoms with Crippen LogP contribution in [0.1, 0.15) is 5.82 Å². The standard InChI is InChI=1S/C8H9ClN4/c9-6-2-4-13-7(1-3-10)11-12-8(13)5-6/h2,4-5H,1,3,10H2. The number of aromatic nitrogens is 3. The van der Waals surface area contributed by atoms with Crippen molar-refractivity contribution in [1.82, 2.24) is 14.6 Å². The van der Waals surface area contributed by atoms with Crippen LogP contribution in [0.15, 0.2) is 18.3 Å². The zero-order valence-corrected chi connectivity index (χ0v) is 7.70. The number of pyridine rings is 1. The molecule has 2 aromatic rings. The van der Waals surface area contributed by atoms with Crippen molar-refractivity contribution >= 4 is 17.2 Å². The third-order valence-corrected chi connectivity index (χ3v) is 2.05. The van der Waals surface area contributed by atoms with Gasteiger partial charge >= 0.3 is 0 Å². The van der Waals surface area contributed by atoms with Gasteiger partial charge in [-0.25, -0.2) is 0 Å². The van der Waals surface area contributed by atoms with Crippen molar-refractivity contribution in [2.45, 2.75) is 6.42 Å². The van der Waals surface area contributed by atoms with E-state index in [1.807, 2.05) is 10.6 Å². The second kappa shape index (κ2) is 3.32. The zero-order chi connectivity index (χ0) is 9.26. The van der Waals surface area contributed by atoms with Gasteiger partial charge in [-0.3, -0.25) is 4.40 Å². The van der Waals surface area contributed by atoms with Gasteiger partial charge in [0.1, 0.15) is 5.82 Å². The van der Waals surface area contributed by atoms with Crippen molar-refractivity contribution in [1.29, 1.82) is 0 Å². The molecule has 13 heavy (non-hydrogen) atoms. The summed E-state index contributed by atoms with van der Waals surface area (Å²) in [7, 11) is 0. The second-order valence-corrected chi connectivity index (χ2v) is 3.16. The zero-order valence-electron chi connectivity index (χ0n) is 6.94. The van der Waals surface area contributed by atoms with Crippen molar-refractivity contribution in [2.24, 2.45) is 5.73 Å². The lowest BCUT2D eigenvalue weighted by Crippen LogP contribution is -2.06. The number of rotatable bonds is 2. The third kappa shape index (κ3) is 1.50. The molecular formula is C8H9ClN4. The van der Waals surface area contributed by atoms with Gasteiger partial charge in [-0.2, -0.15) is 0 Å². The molecule has 0 saturated carbocycles. The molecule has 2 aromatic heterocycles. The molecular weight excluding hydrogens is 188 g/mol. The summed E-state index contributed by atoms with van der Waals surface area (Å²) >= 11 is 5.80. The molecule has 2 rings (SSSR count). The molecule has 0 fully saturated rings. The maximum absolute atomic E-state index is 5.80. The Labute approximate surface area is 80.3 Å². The minimum Gasteiger partial charge on any atom is -0.330 e. The Balaban J connectivity index is 2.55. The van der Waals surface area contributed by atoms with E-state index >= 15 is 0 Å². The number of hydrogen-bond donors (Lipinski definition) is 1. The van der Waals surface area contributed by atoms with Gasteiger partial charge in [0.05, 0.1) is 0 Å². The Morgan fingerprint density at radius 2 is 2.31 bits per heavy atom. The van der Waals surface area contributed by atoms with E-state index in [1.165, 1.54) is 0 Å². The Morgan fingerprint density at radius 3 is 3.08 bits per heavy atom. The van der Waals surface area contributed by atoms with E-state index < -0.39 is 0 Å². The lowest BCUT2D eigenvalue weighted by molar-refractivity contribution is 0.848. The summed E-state index contributed by atoms with van der Waals surface area (Å²) in [5, 5.41) is 8.64. The number of hydrogen-bond acceptors (Lipinski definition) is 3. The molecule has 0 bridgehead atoms. The van der Waals surface area contributed by atoms with Gasteiger partial charge in [-0.1, -0.05) is 11.6 Å². The van der Waals surface area contributed by atoms with Crippen molar-refractivity contribution < 1.29 is 0 Å². The molecule has 2 heterocycles. The van der Waals surface area contributed by atoms with Crippen LogP contribution in [0.25, 0.3) is 5.65 Å². The Morgan fingerprint density at radius 1 is 1.46 bits per heavy atom. The largest absolute Gasteiger partial charge is 0.330 e. The van der Waals surface area contributed by atoms with Crippen LogP contribution < -0.4 is 5.73 Å². The summed E-state index contributed by atoms with van der Waals surface area (Å²) in [6.07, 6.45) is 2.57. The summed E-state index contributed by atoms with van der Waals surface area (Å²) in [4.78, 5) is 0. The van der Waals surface area contributed by atoms with Crippen LogP contribution in [0.3, 0.4) is 0 Å². The molecule has 0 aliphatic rings. The average molecular weight is 197 g/mol. The van der Waals surface area contributed by atoms with Gasteiger partial charge in [0.15, 0.2) is 5.65 Å². The normalized spacial score (nSPS) is 10.9. The quantitative estimate of drug-likeness (QED) is 0.776. The molecule has 0 radical (unpaired) electrons. The monoisotopic (exact) mass is 196 g/mol. The SMILES string of the molecule is NCCc1nnc2cc(Cl)ccn12. The topological polar surface area (TPSA) is 56.2 Å². The van der Waals surface area contributed by atoms with Crippen LogP contribution in [0, 0.1) is 0 Å². The molecule has 0 aliphatic heterocycles. The van der Waals surface area contributed by atoms with Crippen molar-refractivity contribution in [3.05, 3.63) is 29.2 Å². The Hall–Kier alpha value is -1.13.